The Morgan fingerprint density at radius 2 is 1.40 bits per heavy atom. The standard InChI is InChI=1S/C22H27ClN4O3/c1-14-7-5-9-18(15(14)2)26-22(30)13-27(4)12-21(29)24-11-20(28)25-19-10-6-8-17(23)16(19)3/h5-10H,11-13H2,1-4H3,(H,24,29)(H,25,28)(H,26,30). The number of likely N-dealkylation sites (N-methyl/N-ethyl adjacent to an activating group) is 1. The molecule has 0 saturated carbocycles. The summed E-state index contributed by atoms with van der Waals surface area (Å²) < 4.78 is 0. The minimum atomic E-state index is -0.357. The van der Waals surface area contributed by atoms with Crippen LogP contribution in [0.25, 0.3) is 0 Å². The molecule has 0 saturated heterocycles. The van der Waals surface area contributed by atoms with Crippen LogP contribution in [-0.4, -0.2) is 49.3 Å². The van der Waals surface area contributed by atoms with Crippen molar-refractivity contribution in [3.8, 4) is 0 Å². The molecule has 0 atom stereocenters. The van der Waals surface area contributed by atoms with Gasteiger partial charge in [0, 0.05) is 16.4 Å². The van der Waals surface area contributed by atoms with Crippen molar-refractivity contribution in [3.63, 3.8) is 0 Å². The molecular weight excluding hydrogens is 404 g/mol. The number of nitrogens with one attached hydrogen (secondary N) is 3. The number of benzene rings is 2. The Morgan fingerprint density at radius 3 is 2.10 bits per heavy atom. The summed E-state index contributed by atoms with van der Waals surface area (Å²) >= 11 is 6.03. The molecule has 2 aromatic rings. The maximum Gasteiger partial charge on any atom is 0.243 e. The molecule has 0 heterocycles. The zero-order valence-electron chi connectivity index (χ0n) is 17.6. The first kappa shape index (κ1) is 23.4. The fraction of sp³-hybridized carbons (Fsp3) is 0.318. The Kier molecular flexibility index (Phi) is 8.38. The van der Waals surface area contributed by atoms with Crippen LogP contribution < -0.4 is 16.0 Å². The lowest BCUT2D eigenvalue weighted by Crippen LogP contribution is -2.41. The molecule has 0 radical (unpaired) electrons. The van der Waals surface area contributed by atoms with E-state index in [9.17, 15) is 14.4 Å². The summed E-state index contributed by atoms with van der Waals surface area (Å²) in [5.74, 6) is -0.924. The van der Waals surface area contributed by atoms with Crippen LogP contribution >= 0.6 is 11.6 Å². The van der Waals surface area contributed by atoms with E-state index in [0.29, 0.717) is 10.7 Å². The summed E-state index contributed by atoms with van der Waals surface area (Å²) in [6.45, 7) is 5.59. The lowest BCUT2D eigenvalue weighted by molar-refractivity contribution is -0.125. The second kappa shape index (κ2) is 10.8. The molecule has 0 aliphatic carbocycles. The summed E-state index contributed by atoms with van der Waals surface area (Å²) in [4.78, 5) is 38.0. The van der Waals surface area contributed by atoms with Crippen LogP contribution in [-0.2, 0) is 14.4 Å². The van der Waals surface area contributed by atoms with Crippen LogP contribution in [0.3, 0.4) is 0 Å². The Balaban J connectivity index is 1.76. The Morgan fingerprint density at radius 1 is 0.833 bits per heavy atom. The maximum absolute atomic E-state index is 12.2. The molecule has 0 aromatic heterocycles. The van der Waals surface area contributed by atoms with Crippen molar-refractivity contribution in [1.29, 1.82) is 0 Å². The fourth-order valence-electron chi connectivity index (χ4n) is 2.79. The molecule has 0 bridgehead atoms. The minimum absolute atomic E-state index is 0.0102. The highest BCUT2D eigenvalue weighted by Crippen LogP contribution is 2.22. The molecule has 2 rings (SSSR count). The van der Waals surface area contributed by atoms with E-state index >= 15 is 0 Å². The average molecular weight is 431 g/mol. The largest absolute Gasteiger partial charge is 0.346 e. The summed E-state index contributed by atoms with van der Waals surface area (Å²) in [6, 6.07) is 10.9. The van der Waals surface area contributed by atoms with E-state index in [4.69, 9.17) is 11.6 Å². The number of hydrogen-bond donors (Lipinski definition) is 3. The van der Waals surface area contributed by atoms with E-state index in [1.165, 1.54) is 0 Å². The second-order valence-corrected chi connectivity index (χ2v) is 7.61. The number of carbonyl (C=O) groups excluding carboxylic acids is 3. The number of carbonyl (C=O) groups is 3. The van der Waals surface area contributed by atoms with Gasteiger partial charge >= 0.3 is 0 Å². The Bertz CT molecular complexity index is 946. The van der Waals surface area contributed by atoms with Gasteiger partial charge in [0.15, 0.2) is 0 Å². The average Bonchev–Trinajstić information content (AvgIpc) is 2.67. The maximum atomic E-state index is 12.2. The summed E-state index contributed by atoms with van der Waals surface area (Å²) in [5, 5.41) is 8.67. The molecular formula is C22H27ClN4O3. The van der Waals surface area contributed by atoms with Crippen LogP contribution in [0.4, 0.5) is 11.4 Å². The number of anilines is 2. The highest BCUT2D eigenvalue weighted by Gasteiger charge is 2.13. The predicted molar refractivity (Wildman–Crippen MR) is 120 cm³/mol. The molecule has 0 spiro atoms. The van der Waals surface area contributed by atoms with Gasteiger partial charge in [0.25, 0.3) is 0 Å². The van der Waals surface area contributed by atoms with Gasteiger partial charge < -0.3 is 16.0 Å². The highest BCUT2D eigenvalue weighted by atomic mass is 35.5. The number of hydrogen-bond acceptors (Lipinski definition) is 4. The zero-order chi connectivity index (χ0) is 22.3. The van der Waals surface area contributed by atoms with Crippen LogP contribution in [0.15, 0.2) is 36.4 Å². The second-order valence-electron chi connectivity index (χ2n) is 7.21. The van der Waals surface area contributed by atoms with Gasteiger partial charge in [0.05, 0.1) is 19.6 Å². The van der Waals surface area contributed by atoms with Gasteiger partial charge in [-0.05, 0) is 62.7 Å². The molecule has 30 heavy (non-hydrogen) atoms. The quantitative estimate of drug-likeness (QED) is 0.600. The van der Waals surface area contributed by atoms with Crippen molar-refractivity contribution in [2.75, 3.05) is 37.3 Å². The molecule has 3 amide bonds. The van der Waals surface area contributed by atoms with E-state index in [0.717, 1.165) is 22.4 Å². The molecule has 0 aliphatic rings. The van der Waals surface area contributed by atoms with Gasteiger partial charge in [0.1, 0.15) is 0 Å². The number of amides is 3. The fourth-order valence-corrected chi connectivity index (χ4v) is 2.97. The van der Waals surface area contributed by atoms with Crippen molar-refractivity contribution >= 4 is 40.7 Å². The lowest BCUT2D eigenvalue weighted by atomic mass is 10.1. The van der Waals surface area contributed by atoms with E-state index in [1.807, 2.05) is 32.0 Å². The summed E-state index contributed by atoms with van der Waals surface area (Å²) in [7, 11) is 1.66. The van der Waals surface area contributed by atoms with Crippen molar-refractivity contribution in [2.45, 2.75) is 20.8 Å². The van der Waals surface area contributed by atoms with Crippen LogP contribution in [0.1, 0.15) is 16.7 Å². The van der Waals surface area contributed by atoms with Crippen LogP contribution in [0.5, 0.6) is 0 Å². The van der Waals surface area contributed by atoms with Gasteiger partial charge in [-0.25, -0.2) is 0 Å². The molecule has 0 aliphatic heterocycles. The van der Waals surface area contributed by atoms with Crippen molar-refractivity contribution in [2.24, 2.45) is 0 Å². The van der Waals surface area contributed by atoms with Gasteiger partial charge in [0.2, 0.25) is 17.7 Å². The van der Waals surface area contributed by atoms with E-state index in [2.05, 4.69) is 16.0 Å². The molecule has 160 valence electrons. The Hall–Kier alpha value is -2.90. The molecule has 2 aromatic carbocycles. The third kappa shape index (κ3) is 6.86. The minimum Gasteiger partial charge on any atom is -0.346 e. The molecule has 0 unspecified atom stereocenters. The Labute approximate surface area is 181 Å². The van der Waals surface area contributed by atoms with Gasteiger partial charge in [-0.3, -0.25) is 19.3 Å². The summed E-state index contributed by atoms with van der Waals surface area (Å²) in [5.41, 5.74) is 4.21. The first-order valence-electron chi connectivity index (χ1n) is 9.53. The van der Waals surface area contributed by atoms with Crippen molar-refractivity contribution < 1.29 is 14.4 Å². The van der Waals surface area contributed by atoms with E-state index < -0.39 is 0 Å². The molecule has 7 nitrogen and oxygen atoms in total. The highest BCUT2D eigenvalue weighted by molar-refractivity contribution is 6.31. The van der Waals surface area contributed by atoms with Gasteiger partial charge in [-0.15, -0.1) is 0 Å². The van der Waals surface area contributed by atoms with Crippen molar-refractivity contribution in [1.82, 2.24) is 10.2 Å². The van der Waals surface area contributed by atoms with E-state index in [1.54, 1.807) is 37.1 Å². The SMILES string of the molecule is Cc1cccc(NC(=O)CN(C)CC(=O)NCC(=O)Nc2cccc(Cl)c2C)c1C. The van der Waals surface area contributed by atoms with Gasteiger partial charge in [-0.1, -0.05) is 29.8 Å². The molecule has 8 heteroatoms. The van der Waals surface area contributed by atoms with E-state index in [-0.39, 0.29) is 37.4 Å². The molecule has 3 N–H and O–H groups in total. The smallest absolute Gasteiger partial charge is 0.243 e. The number of aryl methyl sites for hydroxylation is 1. The van der Waals surface area contributed by atoms with Crippen molar-refractivity contribution in [3.05, 3.63) is 58.1 Å². The topological polar surface area (TPSA) is 90.5 Å². The first-order chi connectivity index (χ1) is 14.2. The third-order valence-corrected chi connectivity index (χ3v) is 5.10. The van der Waals surface area contributed by atoms with Crippen LogP contribution in [0.2, 0.25) is 5.02 Å². The number of halogens is 1. The summed E-state index contributed by atoms with van der Waals surface area (Å²) in [6.07, 6.45) is 0. The normalized spacial score (nSPS) is 10.6. The van der Waals surface area contributed by atoms with Crippen LogP contribution in [0, 0.1) is 20.8 Å². The predicted octanol–water partition coefficient (Wildman–Crippen LogP) is 2.89. The number of rotatable bonds is 8. The molecule has 0 fully saturated rings. The monoisotopic (exact) mass is 430 g/mol. The number of nitrogens with zero attached hydrogens (tertiary/aromatic N) is 1. The first-order valence-corrected chi connectivity index (χ1v) is 9.91. The van der Waals surface area contributed by atoms with Gasteiger partial charge in [-0.2, -0.15) is 0 Å². The third-order valence-electron chi connectivity index (χ3n) is 4.69. The zero-order valence-corrected chi connectivity index (χ0v) is 18.4. The lowest BCUT2D eigenvalue weighted by Gasteiger charge is -2.17.